The van der Waals surface area contributed by atoms with Crippen molar-refractivity contribution in [2.24, 2.45) is 5.92 Å². The summed E-state index contributed by atoms with van der Waals surface area (Å²) in [6, 6.07) is 13.1. The van der Waals surface area contributed by atoms with Crippen LogP contribution in [-0.4, -0.2) is 40.1 Å². The highest BCUT2D eigenvalue weighted by Gasteiger charge is 2.40. The molecular weight excluding hydrogens is 304 g/mol. The smallest absolute Gasteiger partial charge is 0.272 e. The molecule has 2 heterocycles. The van der Waals surface area contributed by atoms with Crippen LogP contribution in [0.3, 0.4) is 0 Å². The van der Waals surface area contributed by atoms with Crippen LogP contribution in [0.2, 0.25) is 0 Å². The third kappa shape index (κ3) is 3.12. The number of pyridine rings is 1. The Morgan fingerprint density at radius 1 is 1.12 bits per heavy atom. The van der Waals surface area contributed by atoms with Gasteiger partial charge in [0.1, 0.15) is 17.5 Å². The highest BCUT2D eigenvalue weighted by molar-refractivity contribution is 5.92. The van der Waals surface area contributed by atoms with Gasteiger partial charge in [0, 0.05) is 6.54 Å². The predicted octanol–water partition coefficient (Wildman–Crippen LogP) is 2.78. The number of hydrogen-bond donors (Lipinski definition) is 1. The molecule has 2 aliphatic rings. The fourth-order valence-electron chi connectivity index (χ4n) is 3.21. The number of amides is 1. The van der Waals surface area contributed by atoms with Crippen LogP contribution in [-0.2, 0) is 4.74 Å². The summed E-state index contributed by atoms with van der Waals surface area (Å²) >= 11 is 0. The Bertz CT molecular complexity index is 713. The van der Waals surface area contributed by atoms with Gasteiger partial charge in [-0.25, -0.2) is 4.98 Å². The molecule has 5 heteroatoms. The first-order chi connectivity index (χ1) is 11.7. The molecule has 0 radical (unpaired) electrons. The Morgan fingerprint density at radius 2 is 1.92 bits per heavy atom. The SMILES string of the molecule is O=C(c1ccc(O)cn1)N1C[C@@H](c2ccccc2)O[C@@H](C2CC2)C1. The van der Waals surface area contributed by atoms with E-state index in [4.69, 9.17) is 4.74 Å². The van der Waals surface area contributed by atoms with Crippen molar-refractivity contribution in [1.82, 2.24) is 9.88 Å². The summed E-state index contributed by atoms with van der Waals surface area (Å²) < 4.78 is 6.28. The second-order valence-corrected chi connectivity index (χ2v) is 6.52. The molecular formula is C19H20N2O3. The van der Waals surface area contributed by atoms with E-state index in [-0.39, 0.29) is 23.9 Å². The van der Waals surface area contributed by atoms with Gasteiger partial charge in [0.25, 0.3) is 5.91 Å². The van der Waals surface area contributed by atoms with Gasteiger partial charge in [-0.15, -0.1) is 0 Å². The molecule has 2 fully saturated rings. The molecule has 1 aliphatic heterocycles. The van der Waals surface area contributed by atoms with Crippen molar-refractivity contribution in [2.45, 2.75) is 25.0 Å². The monoisotopic (exact) mass is 324 g/mol. The number of hydrogen-bond acceptors (Lipinski definition) is 4. The minimum absolute atomic E-state index is 0.0616. The van der Waals surface area contributed by atoms with Gasteiger partial charge in [-0.3, -0.25) is 4.79 Å². The van der Waals surface area contributed by atoms with E-state index in [9.17, 15) is 9.90 Å². The first-order valence-corrected chi connectivity index (χ1v) is 8.35. The quantitative estimate of drug-likeness (QED) is 0.943. The average molecular weight is 324 g/mol. The average Bonchev–Trinajstić information content (AvgIpc) is 3.47. The minimum atomic E-state index is -0.107. The first-order valence-electron chi connectivity index (χ1n) is 8.35. The van der Waals surface area contributed by atoms with Crippen LogP contribution in [0.4, 0.5) is 0 Å². The number of aromatic nitrogens is 1. The maximum Gasteiger partial charge on any atom is 0.272 e. The molecule has 2 atom stereocenters. The summed E-state index contributed by atoms with van der Waals surface area (Å²) in [5.74, 6) is 0.510. The van der Waals surface area contributed by atoms with Gasteiger partial charge >= 0.3 is 0 Å². The summed E-state index contributed by atoms with van der Waals surface area (Å²) in [4.78, 5) is 18.7. The Morgan fingerprint density at radius 3 is 2.58 bits per heavy atom. The summed E-state index contributed by atoms with van der Waals surface area (Å²) in [6.07, 6.45) is 3.63. The van der Waals surface area contributed by atoms with Gasteiger partial charge < -0.3 is 14.7 Å². The predicted molar refractivity (Wildman–Crippen MR) is 88.6 cm³/mol. The van der Waals surface area contributed by atoms with Crippen LogP contribution < -0.4 is 0 Å². The van der Waals surface area contributed by atoms with E-state index in [1.807, 2.05) is 35.2 Å². The van der Waals surface area contributed by atoms with Gasteiger partial charge in [-0.2, -0.15) is 0 Å². The fraction of sp³-hybridized carbons (Fsp3) is 0.368. The molecule has 4 rings (SSSR count). The molecule has 1 aromatic carbocycles. The lowest BCUT2D eigenvalue weighted by Gasteiger charge is -2.38. The van der Waals surface area contributed by atoms with Crippen molar-refractivity contribution in [3.05, 3.63) is 59.9 Å². The van der Waals surface area contributed by atoms with Crippen molar-refractivity contribution in [2.75, 3.05) is 13.1 Å². The lowest BCUT2D eigenvalue weighted by molar-refractivity contribution is -0.0865. The number of carbonyl (C=O) groups is 1. The normalized spacial score (nSPS) is 23.9. The van der Waals surface area contributed by atoms with Gasteiger partial charge in [-0.1, -0.05) is 30.3 Å². The molecule has 1 saturated heterocycles. The molecule has 1 N–H and O–H groups in total. The number of carbonyl (C=O) groups excluding carboxylic acids is 1. The summed E-state index contributed by atoms with van der Waals surface area (Å²) in [7, 11) is 0. The number of aromatic hydroxyl groups is 1. The Balaban J connectivity index is 1.57. The molecule has 24 heavy (non-hydrogen) atoms. The van der Waals surface area contributed by atoms with Crippen molar-refractivity contribution in [1.29, 1.82) is 0 Å². The van der Waals surface area contributed by atoms with E-state index in [1.54, 1.807) is 6.07 Å². The second kappa shape index (κ2) is 6.24. The third-order valence-electron chi connectivity index (χ3n) is 4.70. The number of morpholine rings is 1. The highest BCUT2D eigenvalue weighted by atomic mass is 16.5. The second-order valence-electron chi connectivity index (χ2n) is 6.52. The lowest BCUT2D eigenvalue weighted by atomic mass is 10.0. The van der Waals surface area contributed by atoms with Gasteiger partial charge in [0.2, 0.25) is 0 Å². The first kappa shape index (κ1) is 15.1. The van der Waals surface area contributed by atoms with Crippen molar-refractivity contribution >= 4 is 5.91 Å². The number of ether oxygens (including phenoxy) is 1. The summed E-state index contributed by atoms with van der Waals surface area (Å²) in [6.45, 7) is 1.13. The van der Waals surface area contributed by atoms with E-state index in [1.165, 1.54) is 25.1 Å². The number of nitrogens with zero attached hydrogens (tertiary/aromatic N) is 2. The van der Waals surface area contributed by atoms with Crippen molar-refractivity contribution in [3.63, 3.8) is 0 Å². The molecule has 0 spiro atoms. The zero-order valence-corrected chi connectivity index (χ0v) is 13.3. The Hall–Kier alpha value is -2.40. The lowest BCUT2D eigenvalue weighted by Crippen LogP contribution is -2.47. The van der Waals surface area contributed by atoms with Gasteiger partial charge in [0.15, 0.2) is 0 Å². The van der Waals surface area contributed by atoms with Crippen LogP contribution >= 0.6 is 0 Å². The molecule has 0 unspecified atom stereocenters. The molecule has 124 valence electrons. The zero-order chi connectivity index (χ0) is 16.5. The topological polar surface area (TPSA) is 62.7 Å². The molecule has 0 bridgehead atoms. The molecule has 1 saturated carbocycles. The summed E-state index contributed by atoms with van der Waals surface area (Å²) in [5.41, 5.74) is 1.45. The third-order valence-corrected chi connectivity index (χ3v) is 4.70. The van der Waals surface area contributed by atoms with Crippen LogP contribution in [0.15, 0.2) is 48.7 Å². The molecule has 5 nitrogen and oxygen atoms in total. The largest absolute Gasteiger partial charge is 0.506 e. The van der Waals surface area contributed by atoms with Gasteiger partial charge in [-0.05, 0) is 36.5 Å². The zero-order valence-electron chi connectivity index (χ0n) is 13.3. The highest BCUT2D eigenvalue weighted by Crippen LogP contribution is 2.39. The van der Waals surface area contributed by atoms with E-state index in [0.29, 0.717) is 24.7 Å². The standard InChI is InChI=1S/C19H20N2O3/c22-15-8-9-16(20-10-15)19(23)21-11-17(13-4-2-1-3-5-13)24-18(12-21)14-6-7-14/h1-5,8-10,14,17-18,22H,6-7,11-12H2/t17-,18+/m0/s1. The Labute approximate surface area is 140 Å². The van der Waals surface area contributed by atoms with Crippen LogP contribution in [0, 0.1) is 5.92 Å². The van der Waals surface area contributed by atoms with Crippen molar-refractivity contribution in [3.8, 4) is 5.75 Å². The van der Waals surface area contributed by atoms with Crippen molar-refractivity contribution < 1.29 is 14.6 Å². The van der Waals surface area contributed by atoms with Gasteiger partial charge in [0.05, 0.1) is 18.8 Å². The van der Waals surface area contributed by atoms with E-state index in [0.717, 1.165) is 5.56 Å². The number of rotatable bonds is 3. The van der Waals surface area contributed by atoms with E-state index in [2.05, 4.69) is 4.98 Å². The molecule has 1 aromatic heterocycles. The van der Waals surface area contributed by atoms with E-state index < -0.39 is 0 Å². The Kier molecular flexibility index (Phi) is 3.94. The maximum atomic E-state index is 12.8. The van der Waals surface area contributed by atoms with Crippen LogP contribution in [0.5, 0.6) is 5.75 Å². The molecule has 2 aromatic rings. The summed E-state index contributed by atoms with van der Waals surface area (Å²) in [5, 5.41) is 9.36. The van der Waals surface area contributed by atoms with Crippen LogP contribution in [0.25, 0.3) is 0 Å². The van der Waals surface area contributed by atoms with Crippen LogP contribution in [0.1, 0.15) is 35.0 Å². The molecule has 1 aliphatic carbocycles. The maximum absolute atomic E-state index is 12.8. The van der Waals surface area contributed by atoms with E-state index >= 15 is 0 Å². The minimum Gasteiger partial charge on any atom is -0.506 e. The fourth-order valence-corrected chi connectivity index (χ4v) is 3.21. The molecule has 1 amide bonds. The number of benzene rings is 1.